The molecule has 0 unspecified atom stereocenters. The number of amidine groups is 1. The molecule has 7 heteroatoms. The number of thioether (sulfide) groups is 1. The monoisotopic (exact) mass is 368 g/mol. The van der Waals surface area contributed by atoms with Crippen molar-refractivity contribution in [2.75, 3.05) is 6.54 Å². The third-order valence-corrected chi connectivity index (χ3v) is 4.72. The molecule has 0 bridgehead atoms. The first-order valence-corrected chi connectivity index (χ1v) is 8.72. The van der Waals surface area contributed by atoms with E-state index in [2.05, 4.69) is 4.99 Å². The van der Waals surface area contributed by atoms with Crippen LogP contribution in [0.2, 0.25) is 0 Å². The van der Waals surface area contributed by atoms with Crippen LogP contribution in [0, 0.1) is 0 Å². The van der Waals surface area contributed by atoms with E-state index in [1.807, 2.05) is 6.92 Å². The maximum Gasteiger partial charge on any atom is 0.335 e. The summed E-state index contributed by atoms with van der Waals surface area (Å²) in [4.78, 5) is 30.1. The standard InChI is InChI=1S/C19H16N2O4S/c1-2-21-17(23)16(11-12-4-3-5-15(22)10-12)26-19(21)20-14-8-6-13(7-9-14)18(24)25/h3-11,22H,2H2,1H3,(H,24,25)/b16-11+,20-19?. The maximum atomic E-state index is 12.6. The smallest absolute Gasteiger partial charge is 0.335 e. The molecule has 2 aromatic rings. The van der Waals surface area contributed by atoms with E-state index >= 15 is 0 Å². The first-order valence-electron chi connectivity index (χ1n) is 7.90. The Morgan fingerprint density at radius 1 is 1.23 bits per heavy atom. The maximum absolute atomic E-state index is 12.6. The van der Waals surface area contributed by atoms with E-state index in [1.165, 1.54) is 23.9 Å². The predicted octanol–water partition coefficient (Wildman–Crippen LogP) is 3.71. The first-order chi connectivity index (χ1) is 12.5. The average Bonchev–Trinajstić information content (AvgIpc) is 2.90. The largest absolute Gasteiger partial charge is 0.508 e. The summed E-state index contributed by atoms with van der Waals surface area (Å²) in [5.74, 6) is -1.02. The van der Waals surface area contributed by atoms with Crippen molar-refractivity contribution in [1.82, 2.24) is 4.90 Å². The van der Waals surface area contributed by atoms with Gasteiger partial charge in [0.05, 0.1) is 16.2 Å². The van der Waals surface area contributed by atoms with Gasteiger partial charge in [0, 0.05) is 6.54 Å². The quantitative estimate of drug-likeness (QED) is 0.803. The second-order valence-corrected chi connectivity index (χ2v) is 6.51. The zero-order valence-electron chi connectivity index (χ0n) is 13.9. The topological polar surface area (TPSA) is 90.2 Å². The number of rotatable bonds is 4. The molecule has 1 heterocycles. The van der Waals surface area contributed by atoms with E-state index in [0.717, 1.165) is 5.56 Å². The second-order valence-electron chi connectivity index (χ2n) is 5.50. The summed E-state index contributed by atoms with van der Waals surface area (Å²) in [7, 11) is 0. The van der Waals surface area contributed by atoms with Crippen LogP contribution in [0.25, 0.3) is 6.08 Å². The van der Waals surface area contributed by atoms with E-state index in [1.54, 1.807) is 47.4 Å². The average molecular weight is 368 g/mol. The van der Waals surface area contributed by atoms with Gasteiger partial charge in [0.25, 0.3) is 5.91 Å². The fourth-order valence-corrected chi connectivity index (χ4v) is 3.49. The molecule has 0 spiro atoms. The lowest BCUT2D eigenvalue weighted by molar-refractivity contribution is -0.122. The highest BCUT2D eigenvalue weighted by Crippen LogP contribution is 2.34. The van der Waals surface area contributed by atoms with Gasteiger partial charge in [-0.15, -0.1) is 0 Å². The number of amides is 1. The van der Waals surface area contributed by atoms with E-state index in [0.29, 0.717) is 22.3 Å². The van der Waals surface area contributed by atoms with Crippen molar-refractivity contribution in [2.24, 2.45) is 4.99 Å². The fourth-order valence-electron chi connectivity index (χ4n) is 2.43. The molecule has 1 aliphatic heterocycles. The number of likely N-dealkylation sites (N-methyl/N-ethyl adjacent to an activating group) is 1. The highest BCUT2D eigenvalue weighted by atomic mass is 32.2. The Balaban J connectivity index is 1.90. The molecule has 2 aromatic carbocycles. The molecule has 1 saturated heterocycles. The van der Waals surface area contributed by atoms with Crippen molar-refractivity contribution in [3.05, 3.63) is 64.6 Å². The molecule has 1 amide bonds. The van der Waals surface area contributed by atoms with Gasteiger partial charge in [0.15, 0.2) is 5.17 Å². The van der Waals surface area contributed by atoms with Crippen LogP contribution in [0.4, 0.5) is 5.69 Å². The molecule has 1 aliphatic rings. The Kier molecular flexibility index (Phi) is 5.09. The molecule has 2 N–H and O–H groups in total. The Morgan fingerprint density at radius 3 is 2.58 bits per heavy atom. The lowest BCUT2D eigenvalue weighted by Gasteiger charge is -2.12. The van der Waals surface area contributed by atoms with E-state index in [-0.39, 0.29) is 17.2 Å². The van der Waals surface area contributed by atoms with E-state index in [9.17, 15) is 14.7 Å². The van der Waals surface area contributed by atoms with Crippen LogP contribution in [-0.4, -0.2) is 38.7 Å². The van der Waals surface area contributed by atoms with Gasteiger partial charge in [-0.3, -0.25) is 9.69 Å². The number of carbonyl (C=O) groups is 2. The number of hydrogen-bond donors (Lipinski definition) is 2. The van der Waals surface area contributed by atoms with Crippen LogP contribution in [0.15, 0.2) is 58.4 Å². The summed E-state index contributed by atoms with van der Waals surface area (Å²) in [6, 6.07) is 12.8. The van der Waals surface area contributed by atoms with Crippen molar-refractivity contribution in [3.8, 4) is 5.75 Å². The Morgan fingerprint density at radius 2 is 1.96 bits per heavy atom. The van der Waals surface area contributed by atoms with Gasteiger partial charge in [0.2, 0.25) is 0 Å². The van der Waals surface area contributed by atoms with Crippen molar-refractivity contribution < 1.29 is 19.8 Å². The van der Waals surface area contributed by atoms with Gasteiger partial charge in [-0.2, -0.15) is 0 Å². The number of carboxylic acids is 1. The number of benzene rings is 2. The van der Waals surface area contributed by atoms with Crippen molar-refractivity contribution in [1.29, 1.82) is 0 Å². The Hall–Kier alpha value is -3.06. The number of hydrogen-bond acceptors (Lipinski definition) is 5. The SMILES string of the molecule is CCN1C(=O)/C(=C\c2cccc(O)c2)SC1=Nc1ccc(C(=O)O)cc1. The number of phenols is 1. The zero-order valence-corrected chi connectivity index (χ0v) is 14.7. The third kappa shape index (κ3) is 3.78. The lowest BCUT2D eigenvalue weighted by Crippen LogP contribution is -2.28. The van der Waals surface area contributed by atoms with Crippen LogP contribution < -0.4 is 0 Å². The molecule has 26 heavy (non-hydrogen) atoms. The summed E-state index contributed by atoms with van der Waals surface area (Å²) in [5, 5.41) is 19.0. The first kappa shape index (κ1) is 17.8. The van der Waals surface area contributed by atoms with Crippen molar-refractivity contribution in [3.63, 3.8) is 0 Å². The van der Waals surface area contributed by atoms with E-state index in [4.69, 9.17) is 5.11 Å². The van der Waals surface area contributed by atoms with Crippen molar-refractivity contribution >= 4 is 40.6 Å². The number of aromatic hydroxyl groups is 1. The normalized spacial score (nSPS) is 17.3. The molecular formula is C19H16N2O4S. The van der Waals surface area contributed by atoms with Gasteiger partial charge >= 0.3 is 5.97 Å². The minimum absolute atomic E-state index is 0.134. The molecule has 0 saturated carbocycles. The highest BCUT2D eigenvalue weighted by Gasteiger charge is 2.32. The van der Waals surface area contributed by atoms with Gasteiger partial charge in [-0.05, 0) is 66.7 Å². The molecule has 0 radical (unpaired) electrons. The molecule has 0 aromatic heterocycles. The van der Waals surface area contributed by atoms with Gasteiger partial charge in [-0.25, -0.2) is 9.79 Å². The van der Waals surface area contributed by atoms with E-state index < -0.39 is 5.97 Å². The molecule has 3 rings (SSSR count). The molecule has 6 nitrogen and oxygen atoms in total. The van der Waals surface area contributed by atoms with Crippen LogP contribution in [0.5, 0.6) is 5.75 Å². The number of carboxylic acid groups (broad SMARTS) is 1. The van der Waals surface area contributed by atoms with Gasteiger partial charge in [-0.1, -0.05) is 12.1 Å². The highest BCUT2D eigenvalue weighted by molar-refractivity contribution is 8.18. The molecule has 1 fully saturated rings. The summed E-state index contributed by atoms with van der Waals surface area (Å²) in [5.41, 5.74) is 1.48. The number of nitrogens with zero attached hydrogens (tertiary/aromatic N) is 2. The van der Waals surface area contributed by atoms with Crippen molar-refractivity contribution in [2.45, 2.75) is 6.92 Å². The lowest BCUT2D eigenvalue weighted by atomic mass is 10.2. The summed E-state index contributed by atoms with van der Waals surface area (Å²) in [6.07, 6.45) is 1.71. The molecule has 132 valence electrons. The van der Waals surface area contributed by atoms with Crippen LogP contribution in [-0.2, 0) is 4.79 Å². The van der Waals surface area contributed by atoms with Gasteiger partial charge < -0.3 is 10.2 Å². The number of aliphatic imine (C=N–C) groups is 1. The number of aromatic carboxylic acids is 1. The molecule has 0 aliphatic carbocycles. The predicted molar refractivity (Wildman–Crippen MR) is 102 cm³/mol. The fraction of sp³-hybridized carbons (Fsp3) is 0.105. The number of carbonyl (C=O) groups excluding carboxylic acids is 1. The Bertz CT molecular complexity index is 919. The molecule has 0 atom stereocenters. The Labute approximate surface area is 154 Å². The minimum atomic E-state index is -0.999. The number of phenolic OH excluding ortho intramolecular Hbond substituents is 1. The van der Waals surface area contributed by atoms with Crippen LogP contribution in [0.1, 0.15) is 22.8 Å². The summed E-state index contributed by atoms with van der Waals surface area (Å²) in [6.45, 7) is 2.33. The second kappa shape index (κ2) is 7.45. The zero-order chi connectivity index (χ0) is 18.7. The van der Waals surface area contributed by atoms with Gasteiger partial charge in [0.1, 0.15) is 5.75 Å². The summed E-state index contributed by atoms with van der Waals surface area (Å²) >= 11 is 1.25. The van der Waals surface area contributed by atoms with Crippen LogP contribution in [0.3, 0.4) is 0 Å². The third-order valence-electron chi connectivity index (χ3n) is 3.71. The molecular weight excluding hydrogens is 352 g/mol. The van der Waals surface area contributed by atoms with Crippen LogP contribution >= 0.6 is 11.8 Å². The summed E-state index contributed by atoms with van der Waals surface area (Å²) < 4.78 is 0. The minimum Gasteiger partial charge on any atom is -0.508 e.